The number of hydrogen-bond donors (Lipinski definition) is 1. The van der Waals surface area contributed by atoms with Crippen LogP contribution in [0.4, 0.5) is 4.79 Å². The van der Waals surface area contributed by atoms with Crippen molar-refractivity contribution in [2.45, 2.75) is 57.4 Å². The molecule has 1 aromatic rings. The van der Waals surface area contributed by atoms with E-state index in [1.807, 2.05) is 6.92 Å². The van der Waals surface area contributed by atoms with Gasteiger partial charge in [-0.1, -0.05) is 25.5 Å². The van der Waals surface area contributed by atoms with Crippen molar-refractivity contribution in [2.24, 2.45) is 0 Å². The van der Waals surface area contributed by atoms with E-state index in [1.165, 1.54) is 18.4 Å². The number of nitrogens with one attached hydrogen (secondary N) is 1. The largest absolute Gasteiger partial charge is 0.449 e. The molecule has 2 aliphatic heterocycles. The highest BCUT2D eigenvalue weighted by Gasteiger charge is 2.43. The molecule has 1 saturated carbocycles. The van der Waals surface area contributed by atoms with Gasteiger partial charge in [-0.05, 0) is 48.8 Å². The molecule has 3 aliphatic rings. The third kappa shape index (κ3) is 3.00. The van der Waals surface area contributed by atoms with E-state index < -0.39 is 0 Å². The number of hydrogen-bond acceptors (Lipinski definition) is 3. The molecule has 2 atom stereocenters. The third-order valence-corrected chi connectivity index (χ3v) is 5.68. The molecule has 1 aliphatic carbocycles. The van der Waals surface area contributed by atoms with Crippen LogP contribution in [-0.2, 0) is 4.74 Å². The molecule has 134 valence electrons. The zero-order valence-electron chi connectivity index (χ0n) is 15.0. The van der Waals surface area contributed by atoms with Crippen LogP contribution >= 0.6 is 0 Å². The lowest BCUT2D eigenvalue weighted by molar-refractivity contribution is 0.0915. The maximum absolute atomic E-state index is 12.6. The molecule has 25 heavy (non-hydrogen) atoms. The Labute approximate surface area is 148 Å². The maximum Gasteiger partial charge on any atom is 0.409 e. The number of unbranched alkanes of at least 4 members (excludes halogenated alkanes) is 1. The molecule has 5 nitrogen and oxygen atoms in total. The lowest BCUT2D eigenvalue weighted by Crippen LogP contribution is -2.45. The van der Waals surface area contributed by atoms with Gasteiger partial charge < -0.3 is 15.0 Å². The summed E-state index contributed by atoms with van der Waals surface area (Å²) in [6.07, 6.45) is 4.12. The molecule has 1 N–H and O–H groups in total. The van der Waals surface area contributed by atoms with Crippen molar-refractivity contribution >= 4 is 12.0 Å². The molecular weight excluding hydrogens is 316 g/mol. The van der Waals surface area contributed by atoms with Crippen LogP contribution in [0.25, 0.3) is 0 Å². The third-order valence-electron chi connectivity index (χ3n) is 5.68. The van der Waals surface area contributed by atoms with Crippen molar-refractivity contribution < 1.29 is 14.3 Å². The topological polar surface area (TPSA) is 58.6 Å². The van der Waals surface area contributed by atoms with Crippen molar-refractivity contribution in [2.75, 3.05) is 19.7 Å². The summed E-state index contributed by atoms with van der Waals surface area (Å²) in [5.41, 5.74) is 4.35. The number of likely N-dealkylation sites (tertiary alicyclic amines) is 1. The first kappa shape index (κ1) is 16.4. The van der Waals surface area contributed by atoms with E-state index in [-0.39, 0.29) is 24.0 Å². The van der Waals surface area contributed by atoms with E-state index in [2.05, 4.69) is 24.4 Å². The van der Waals surface area contributed by atoms with Crippen LogP contribution in [0.15, 0.2) is 12.1 Å². The fourth-order valence-electron chi connectivity index (χ4n) is 4.15. The highest BCUT2D eigenvalue weighted by molar-refractivity contribution is 5.99. The standard InChI is InChI=1S/C20H26N2O3/c1-3-4-7-25-20(24)22-10-16-15-9-14(13-5-6-13)8-12(2)18(15)19(23)21-17(16)11-22/h8-9,13,16-17H,3-7,10-11H2,1-2H3,(H,21,23). The van der Waals surface area contributed by atoms with Crippen molar-refractivity contribution in [3.63, 3.8) is 0 Å². The van der Waals surface area contributed by atoms with Crippen molar-refractivity contribution in [3.05, 3.63) is 34.4 Å². The molecule has 5 heteroatoms. The van der Waals surface area contributed by atoms with Gasteiger partial charge in [0.05, 0.1) is 12.6 Å². The second-order valence-corrected chi connectivity index (χ2v) is 7.64. The highest BCUT2D eigenvalue weighted by atomic mass is 16.6. The zero-order chi connectivity index (χ0) is 17.6. The average Bonchev–Trinajstić information content (AvgIpc) is 3.34. The van der Waals surface area contributed by atoms with Gasteiger partial charge in [0.2, 0.25) is 0 Å². The minimum absolute atomic E-state index is 0.00250. The zero-order valence-corrected chi connectivity index (χ0v) is 15.0. The van der Waals surface area contributed by atoms with Crippen LogP contribution in [0, 0.1) is 6.92 Å². The molecule has 2 fully saturated rings. The SMILES string of the molecule is CCCCOC(=O)N1CC2NC(=O)c3c(C)cc(C4CC4)cc3C2C1. The predicted octanol–water partition coefficient (Wildman–Crippen LogP) is 3.32. The number of amides is 2. The molecule has 4 rings (SSSR count). The van der Waals surface area contributed by atoms with Gasteiger partial charge in [-0.3, -0.25) is 4.79 Å². The number of rotatable bonds is 4. The van der Waals surface area contributed by atoms with Crippen molar-refractivity contribution in [1.82, 2.24) is 10.2 Å². The molecular formula is C20H26N2O3. The van der Waals surface area contributed by atoms with Gasteiger partial charge in [0.15, 0.2) is 0 Å². The first-order valence-electron chi connectivity index (χ1n) is 9.45. The van der Waals surface area contributed by atoms with E-state index >= 15 is 0 Å². The number of aryl methyl sites for hydroxylation is 1. The highest BCUT2D eigenvalue weighted by Crippen LogP contribution is 2.44. The van der Waals surface area contributed by atoms with E-state index in [1.54, 1.807) is 4.90 Å². The van der Waals surface area contributed by atoms with Crippen LogP contribution in [0.1, 0.15) is 71.5 Å². The summed E-state index contributed by atoms with van der Waals surface area (Å²) in [7, 11) is 0. The molecule has 0 spiro atoms. The van der Waals surface area contributed by atoms with E-state index in [9.17, 15) is 9.59 Å². The normalized spacial score (nSPS) is 24.6. The second kappa shape index (κ2) is 6.36. The van der Waals surface area contributed by atoms with Gasteiger partial charge >= 0.3 is 6.09 Å². The van der Waals surface area contributed by atoms with Gasteiger partial charge in [0.1, 0.15) is 0 Å². The molecule has 0 radical (unpaired) electrons. The Balaban J connectivity index is 1.57. The Bertz CT molecular complexity index is 711. The molecule has 0 aromatic heterocycles. The summed E-state index contributed by atoms with van der Waals surface area (Å²) in [6.45, 7) is 5.72. The quantitative estimate of drug-likeness (QED) is 0.854. The number of carbonyl (C=O) groups excluding carboxylic acids is 2. The van der Waals surface area contributed by atoms with Crippen molar-refractivity contribution in [3.8, 4) is 0 Å². The van der Waals surface area contributed by atoms with Gasteiger partial charge in [-0.25, -0.2) is 4.79 Å². The van der Waals surface area contributed by atoms with Gasteiger partial charge in [0.25, 0.3) is 5.91 Å². The number of benzene rings is 1. The van der Waals surface area contributed by atoms with Crippen LogP contribution in [-0.4, -0.2) is 42.6 Å². The molecule has 2 heterocycles. The maximum atomic E-state index is 12.6. The Morgan fingerprint density at radius 1 is 1.32 bits per heavy atom. The summed E-state index contributed by atoms with van der Waals surface area (Å²) in [4.78, 5) is 26.6. The summed E-state index contributed by atoms with van der Waals surface area (Å²) in [5.74, 6) is 0.824. The van der Waals surface area contributed by atoms with Crippen LogP contribution in [0.3, 0.4) is 0 Å². The fraction of sp³-hybridized carbons (Fsp3) is 0.600. The summed E-state index contributed by atoms with van der Waals surface area (Å²) < 4.78 is 5.36. The molecule has 1 aromatic carbocycles. The Morgan fingerprint density at radius 3 is 2.84 bits per heavy atom. The van der Waals surface area contributed by atoms with E-state index in [0.29, 0.717) is 25.6 Å². The van der Waals surface area contributed by atoms with Crippen molar-refractivity contribution in [1.29, 1.82) is 0 Å². The molecule has 1 saturated heterocycles. The molecule has 2 amide bonds. The lowest BCUT2D eigenvalue weighted by Gasteiger charge is -2.29. The second-order valence-electron chi connectivity index (χ2n) is 7.64. The Morgan fingerprint density at radius 2 is 2.12 bits per heavy atom. The summed E-state index contributed by atoms with van der Waals surface area (Å²) in [5, 5.41) is 3.10. The smallest absolute Gasteiger partial charge is 0.409 e. The lowest BCUT2D eigenvalue weighted by atomic mass is 9.82. The fourth-order valence-corrected chi connectivity index (χ4v) is 4.15. The Kier molecular flexibility index (Phi) is 4.18. The Hall–Kier alpha value is -2.04. The summed E-state index contributed by atoms with van der Waals surface area (Å²) in [6, 6.07) is 4.39. The average molecular weight is 342 g/mol. The van der Waals surface area contributed by atoms with E-state index in [0.717, 1.165) is 29.5 Å². The molecule has 0 bridgehead atoms. The van der Waals surface area contributed by atoms with Gasteiger partial charge in [-0.15, -0.1) is 0 Å². The minimum Gasteiger partial charge on any atom is -0.449 e. The first-order valence-corrected chi connectivity index (χ1v) is 9.45. The number of carbonyl (C=O) groups is 2. The van der Waals surface area contributed by atoms with Gasteiger partial charge in [-0.2, -0.15) is 0 Å². The predicted molar refractivity (Wildman–Crippen MR) is 95.0 cm³/mol. The summed E-state index contributed by atoms with van der Waals surface area (Å²) >= 11 is 0. The first-order chi connectivity index (χ1) is 12.1. The number of fused-ring (bicyclic) bond motifs is 3. The molecule has 2 unspecified atom stereocenters. The number of nitrogens with zero attached hydrogens (tertiary/aromatic N) is 1. The van der Waals surface area contributed by atoms with Gasteiger partial charge in [0, 0.05) is 24.6 Å². The monoisotopic (exact) mass is 342 g/mol. The van der Waals surface area contributed by atoms with Crippen LogP contribution < -0.4 is 5.32 Å². The van der Waals surface area contributed by atoms with E-state index in [4.69, 9.17) is 4.74 Å². The minimum atomic E-state index is -0.256. The number of ether oxygens (including phenoxy) is 1. The van der Waals surface area contributed by atoms with Crippen LogP contribution in [0.5, 0.6) is 0 Å². The van der Waals surface area contributed by atoms with Crippen LogP contribution in [0.2, 0.25) is 0 Å².